The standard InChI is InChI=1S/C26H21N3O4S/c1-16(2)29-25(31)18-10-4-3-9-17(18)24(27-29)26(32)33-15-23(30)28-19-11-5-7-13-21(19)34-22-14-8-6-12-20(22)28/h3-14,16H,15H2,1-2H3. The number of hydrogen-bond acceptors (Lipinski definition) is 6. The molecule has 0 N–H and O–H groups in total. The fourth-order valence-electron chi connectivity index (χ4n) is 3.94. The van der Waals surface area contributed by atoms with Gasteiger partial charge in [-0.15, -0.1) is 0 Å². The number of rotatable bonds is 4. The third kappa shape index (κ3) is 3.76. The van der Waals surface area contributed by atoms with Crippen LogP contribution in [0.2, 0.25) is 0 Å². The van der Waals surface area contributed by atoms with Gasteiger partial charge >= 0.3 is 5.97 Å². The number of fused-ring (bicyclic) bond motifs is 3. The van der Waals surface area contributed by atoms with Crippen LogP contribution in [0.5, 0.6) is 0 Å². The van der Waals surface area contributed by atoms with Crippen molar-refractivity contribution >= 4 is 45.8 Å². The van der Waals surface area contributed by atoms with E-state index >= 15 is 0 Å². The zero-order valence-electron chi connectivity index (χ0n) is 18.6. The Labute approximate surface area is 200 Å². The van der Waals surface area contributed by atoms with Crippen molar-refractivity contribution in [3.63, 3.8) is 0 Å². The molecule has 0 saturated carbocycles. The summed E-state index contributed by atoms with van der Waals surface area (Å²) < 4.78 is 6.70. The van der Waals surface area contributed by atoms with Crippen molar-refractivity contribution < 1.29 is 14.3 Å². The molecule has 1 aromatic heterocycles. The topological polar surface area (TPSA) is 81.5 Å². The van der Waals surface area contributed by atoms with Crippen LogP contribution in [0.15, 0.2) is 87.4 Å². The van der Waals surface area contributed by atoms with Crippen LogP contribution in [-0.2, 0) is 9.53 Å². The van der Waals surface area contributed by atoms with Crippen LogP contribution in [0.4, 0.5) is 11.4 Å². The van der Waals surface area contributed by atoms with Gasteiger partial charge in [-0.1, -0.05) is 54.2 Å². The molecule has 4 aromatic rings. The van der Waals surface area contributed by atoms with Crippen LogP contribution < -0.4 is 10.5 Å². The Bertz CT molecular complexity index is 1450. The number of para-hydroxylation sites is 2. The first-order valence-corrected chi connectivity index (χ1v) is 11.6. The van der Waals surface area contributed by atoms with Gasteiger partial charge in [-0.05, 0) is 44.2 Å². The SMILES string of the molecule is CC(C)n1nc(C(=O)OCC(=O)N2c3ccccc3Sc3ccccc32)c2ccccc2c1=O. The van der Waals surface area contributed by atoms with E-state index in [2.05, 4.69) is 5.10 Å². The second-order valence-corrected chi connectivity index (χ2v) is 9.16. The number of benzene rings is 3. The molecule has 0 radical (unpaired) electrons. The minimum Gasteiger partial charge on any atom is -0.451 e. The number of hydrogen-bond donors (Lipinski definition) is 0. The molecule has 0 fully saturated rings. The molecule has 0 spiro atoms. The lowest BCUT2D eigenvalue weighted by atomic mass is 10.1. The Morgan fingerprint density at radius 2 is 1.44 bits per heavy atom. The van der Waals surface area contributed by atoms with Gasteiger partial charge in [0.1, 0.15) is 0 Å². The minimum absolute atomic E-state index is 0.00620. The number of ether oxygens (including phenoxy) is 1. The van der Waals surface area contributed by atoms with E-state index in [9.17, 15) is 14.4 Å². The van der Waals surface area contributed by atoms with Gasteiger partial charge < -0.3 is 4.74 Å². The predicted octanol–water partition coefficient (Wildman–Crippen LogP) is 4.96. The van der Waals surface area contributed by atoms with Crippen LogP contribution in [0.3, 0.4) is 0 Å². The van der Waals surface area contributed by atoms with Gasteiger partial charge in [0.25, 0.3) is 11.5 Å². The van der Waals surface area contributed by atoms with Gasteiger partial charge in [0.15, 0.2) is 12.3 Å². The summed E-state index contributed by atoms with van der Waals surface area (Å²) in [4.78, 5) is 42.6. The molecule has 0 saturated heterocycles. The molecule has 0 aliphatic carbocycles. The second kappa shape index (κ2) is 8.79. The Hall–Kier alpha value is -3.91. The highest BCUT2D eigenvalue weighted by Gasteiger charge is 2.29. The lowest BCUT2D eigenvalue weighted by Crippen LogP contribution is -2.33. The molecule has 2 heterocycles. The first-order valence-electron chi connectivity index (χ1n) is 10.8. The summed E-state index contributed by atoms with van der Waals surface area (Å²) >= 11 is 1.59. The van der Waals surface area contributed by atoms with Gasteiger partial charge in [-0.2, -0.15) is 5.10 Å². The van der Waals surface area contributed by atoms with Crippen LogP contribution >= 0.6 is 11.8 Å². The lowest BCUT2D eigenvalue weighted by molar-refractivity contribution is -0.121. The third-order valence-corrected chi connectivity index (χ3v) is 6.65. The normalized spacial score (nSPS) is 12.4. The van der Waals surface area contributed by atoms with Crippen molar-refractivity contribution in [3.05, 3.63) is 88.8 Å². The second-order valence-electron chi connectivity index (χ2n) is 8.08. The summed E-state index contributed by atoms with van der Waals surface area (Å²) in [5.41, 5.74) is 1.21. The molecule has 5 rings (SSSR count). The molecule has 0 atom stereocenters. The van der Waals surface area contributed by atoms with E-state index in [1.165, 1.54) is 4.68 Å². The van der Waals surface area contributed by atoms with Gasteiger partial charge in [0, 0.05) is 15.2 Å². The van der Waals surface area contributed by atoms with E-state index in [0.717, 1.165) is 21.2 Å². The Morgan fingerprint density at radius 1 is 0.882 bits per heavy atom. The highest BCUT2D eigenvalue weighted by Crippen LogP contribution is 2.47. The van der Waals surface area contributed by atoms with E-state index in [1.54, 1.807) is 40.9 Å². The summed E-state index contributed by atoms with van der Waals surface area (Å²) in [5.74, 6) is -1.14. The van der Waals surface area contributed by atoms with Crippen LogP contribution in [0.1, 0.15) is 30.4 Å². The molecule has 1 aliphatic heterocycles. The summed E-state index contributed by atoms with van der Waals surface area (Å²) in [7, 11) is 0. The first-order chi connectivity index (χ1) is 16.5. The van der Waals surface area contributed by atoms with Crippen molar-refractivity contribution in [2.75, 3.05) is 11.5 Å². The minimum atomic E-state index is -0.757. The number of esters is 1. The number of aromatic nitrogens is 2. The zero-order chi connectivity index (χ0) is 23.8. The number of carbonyl (C=O) groups excluding carboxylic acids is 2. The number of anilines is 2. The van der Waals surface area contributed by atoms with Crippen LogP contribution in [0.25, 0.3) is 10.8 Å². The van der Waals surface area contributed by atoms with Crippen molar-refractivity contribution in [1.29, 1.82) is 0 Å². The quantitative estimate of drug-likeness (QED) is 0.391. The van der Waals surface area contributed by atoms with E-state index in [4.69, 9.17) is 4.74 Å². The molecule has 34 heavy (non-hydrogen) atoms. The Balaban J connectivity index is 1.46. The average molecular weight is 472 g/mol. The number of carbonyl (C=O) groups is 2. The van der Waals surface area contributed by atoms with E-state index < -0.39 is 12.6 Å². The van der Waals surface area contributed by atoms with Crippen molar-refractivity contribution in [2.24, 2.45) is 0 Å². The van der Waals surface area contributed by atoms with Gasteiger partial charge in [-0.3, -0.25) is 14.5 Å². The highest BCUT2D eigenvalue weighted by molar-refractivity contribution is 7.99. The molecule has 0 bridgehead atoms. The van der Waals surface area contributed by atoms with Gasteiger partial charge in [0.05, 0.1) is 22.8 Å². The lowest BCUT2D eigenvalue weighted by Gasteiger charge is -2.30. The largest absolute Gasteiger partial charge is 0.451 e. The maximum Gasteiger partial charge on any atom is 0.359 e. The summed E-state index contributed by atoms with van der Waals surface area (Å²) in [6.07, 6.45) is 0. The molecule has 0 unspecified atom stereocenters. The predicted molar refractivity (Wildman–Crippen MR) is 131 cm³/mol. The van der Waals surface area contributed by atoms with Crippen LogP contribution in [0, 0.1) is 0 Å². The smallest absolute Gasteiger partial charge is 0.359 e. The van der Waals surface area contributed by atoms with Gasteiger partial charge in [0.2, 0.25) is 0 Å². The maximum absolute atomic E-state index is 13.3. The van der Waals surface area contributed by atoms with Gasteiger partial charge in [-0.25, -0.2) is 9.48 Å². The first kappa shape index (κ1) is 21.9. The molecular formula is C26H21N3O4S. The molecular weight excluding hydrogens is 450 g/mol. The molecule has 1 amide bonds. The molecule has 170 valence electrons. The molecule has 3 aromatic carbocycles. The Kier molecular flexibility index (Phi) is 5.67. The molecule has 8 heteroatoms. The van der Waals surface area contributed by atoms with E-state index in [0.29, 0.717) is 10.8 Å². The third-order valence-electron chi connectivity index (χ3n) is 5.52. The molecule has 1 aliphatic rings. The van der Waals surface area contributed by atoms with Crippen molar-refractivity contribution in [2.45, 2.75) is 29.7 Å². The fraction of sp³-hybridized carbons (Fsp3) is 0.154. The molecule has 7 nitrogen and oxygen atoms in total. The Morgan fingerprint density at radius 3 is 2.06 bits per heavy atom. The fourth-order valence-corrected chi connectivity index (χ4v) is 5.00. The summed E-state index contributed by atoms with van der Waals surface area (Å²) in [6.45, 7) is 3.15. The van der Waals surface area contributed by atoms with Crippen molar-refractivity contribution in [1.82, 2.24) is 9.78 Å². The zero-order valence-corrected chi connectivity index (χ0v) is 19.4. The van der Waals surface area contributed by atoms with Crippen LogP contribution in [-0.4, -0.2) is 28.3 Å². The van der Waals surface area contributed by atoms with Crippen molar-refractivity contribution in [3.8, 4) is 0 Å². The highest BCUT2D eigenvalue weighted by atomic mass is 32.2. The number of nitrogens with zero attached hydrogens (tertiary/aromatic N) is 3. The number of amides is 1. The monoisotopic (exact) mass is 471 g/mol. The maximum atomic E-state index is 13.3. The average Bonchev–Trinajstić information content (AvgIpc) is 2.85. The summed E-state index contributed by atoms with van der Waals surface area (Å²) in [6, 6.07) is 21.7. The van der Waals surface area contributed by atoms with E-state index in [-0.39, 0.29) is 23.2 Å². The van der Waals surface area contributed by atoms with E-state index in [1.807, 2.05) is 62.4 Å². The summed E-state index contributed by atoms with van der Waals surface area (Å²) in [5, 5.41) is 5.03.